The van der Waals surface area contributed by atoms with Crippen molar-refractivity contribution in [3.63, 3.8) is 0 Å². The lowest BCUT2D eigenvalue weighted by Crippen LogP contribution is -2.13. The van der Waals surface area contributed by atoms with Crippen molar-refractivity contribution in [1.82, 2.24) is 9.78 Å². The normalized spacial score (nSPS) is 12.5. The lowest BCUT2D eigenvalue weighted by atomic mass is 10.2. The maximum absolute atomic E-state index is 11.2. The molecule has 0 radical (unpaired) electrons. The average Bonchev–Trinajstić information content (AvgIpc) is 2.52. The van der Waals surface area contributed by atoms with Crippen molar-refractivity contribution in [2.45, 2.75) is 33.2 Å². The average molecular weight is 196 g/mol. The molecule has 0 N–H and O–H groups in total. The number of aromatic nitrogens is 2. The molecule has 0 saturated carbocycles. The summed E-state index contributed by atoms with van der Waals surface area (Å²) in [6.45, 7) is 6.11. The van der Waals surface area contributed by atoms with Gasteiger partial charge in [-0.2, -0.15) is 5.10 Å². The van der Waals surface area contributed by atoms with Gasteiger partial charge in [-0.3, -0.25) is 9.48 Å². The zero-order valence-electron chi connectivity index (χ0n) is 8.86. The zero-order valence-corrected chi connectivity index (χ0v) is 8.86. The molecule has 1 aromatic heterocycles. The summed E-state index contributed by atoms with van der Waals surface area (Å²) in [7, 11) is 0. The Balaban J connectivity index is 2.50. The minimum Gasteiger partial charge on any atom is -0.466 e. The lowest BCUT2D eigenvalue weighted by molar-refractivity contribution is -0.143. The molecule has 14 heavy (non-hydrogen) atoms. The molecule has 1 unspecified atom stereocenters. The molecule has 4 heteroatoms. The standard InChI is InChI=1S/C10H16N2O2/c1-4-14-10(13)7-9(3)12-6-5-8(2)11-12/h5-6,9H,4,7H2,1-3H3. The van der Waals surface area contributed by atoms with Crippen LogP contribution < -0.4 is 0 Å². The first-order valence-corrected chi connectivity index (χ1v) is 4.81. The van der Waals surface area contributed by atoms with Crippen LogP contribution in [0.3, 0.4) is 0 Å². The van der Waals surface area contributed by atoms with Gasteiger partial charge in [0.2, 0.25) is 0 Å². The molecule has 0 saturated heterocycles. The molecule has 0 fully saturated rings. The van der Waals surface area contributed by atoms with Crippen molar-refractivity contribution in [3.05, 3.63) is 18.0 Å². The van der Waals surface area contributed by atoms with Crippen LogP contribution >= 0.6 is 0 Å². The topological polar surface area (TPSA) is 44.1 Å². The number of rotatable bonds is 4. The third kappa shape index (κ3) is 2.87. The number of aryl methyl sites for hydroxylation is 1. The largest absolute Gasteiger partial charge is 0.466 e. The number of esters is 1. The van der Waals surface area contributed by atoms with Crippen LogP contribution in [0.25, 0.3) is 0 Å². The second-order valence-corrected chi connectivity index (χ2v) is 3.30. The summed E-state index contributed by atoms with van der Waals surface area (Å²) >= 11 is 0. The molecule has 0 spiro atoms. The highest BCUT2D eigenvalue weighted by Gasteiger charge is 2.11. The van der Waals surface area contributed by atoms with Crippen molar-refractivity contribution < 1.29 is 9.53 Å². The SMILES string of the molecule is CCOC(=O)CC(C)n1ccc(C)n1. The van der Waals surface area contributed by atoms with Crippen LogP contribution in [0.2, 0.25) is 0 Å². The third-order valence-electron chi connectivity index (χ3n) is 1.96. The van der Waals surface area contributed by atoms with Gasteiger partial charge in [-0.25, -0.2) is 0 Å². The quantitative estimate of drug-likeness (QED) is 0.688. The molecule has 0 aliphatic heterocycles. The van der Waals surface area contributed by atoms with Gasteiger partial charge in [0.05, 0.1) is 24.8 Å². The number of hydrogen-bond donors (Lipinski definition) is 0. The van der Waals surface area contributed by atoms with Gasteiger partial charge in [0.25, 0.3) is 0 Å². The van der Waals surface area contributed by atoms with Gasteiger partial charge in [0.15, 0.2) is 0 Å². The van der Waals surface area contributed by atoms with Crippen LogP contribution in [0, 0.1) is 6.92 Å². The first-order valence-electron chi connectivity index (χ1n) is 4.81. The molecule has 0 aliphatic rings. The van der Waals surface area contributed by atoms with Crippen LogP contribution in [-0.2, 0) is 9.53 Å². The molecule has 1 atom stereocenters. The molecule has 1 aromatic rings. The summed E-state index contributed by atoms with van der Waals surface area (Å²) in [6.07, 6.45) is 2.24. The molecule has 1 rings (SSSR count). The Bertz CT molecular complexity index is 307. The number of hydrogen-bond acceptors (Lipinski definition) is 3. The van der Waals surface area contributed by atoms with E-state index in [2.05, 4.69) is 5.10 Å². The lowest BCUT2D eigenvalue weighted by Gasteiger charge is -2.10. The summed E-state index contributed by atoms with van der Waals surface area (Å²) in [5, 5.41) is 4.23. The Morgan fingerprint density at radius 3 is 2.93 bits per heavy atom. The van der Waals surface area contributed by atoms with E-state index in [4.69, 9.17) is 4.74 Å². The molecule has 1 heterocycles. The Kier molecular flexibility index (Phi) is 3.68. The van der Waals surface area contributed by atoms with Crippen molar-refractivity contribution in [3.8, 4) is 0 Å². The predicted molar refractivity (Wildman–Crippen MR) is 52.9 cm³/mol. The van der Waals surface area contributed by atoms with Gasteiger partial charge < -0.3 is 4.74 Å². The fraction of sp³-hybridized carbons (Fsp3) is 0.600. The predicted octanol–water partition coefficient (Wildman–Crippen LogP) is 1.71. The van der Waals surface area contributed by atoms with Crippen LogP contribution in [0.4, 0.5) is 0 Å². The Morgan fingerprint density at radius 1 is 1.71 bits per heavy atom. The maximum atomic E-state index is 11.2. The van der Waals surface area contributed by atoms with E-state index >= 15 is 0 Å². The first kappa shape index (κ1) is 10.8. The fourth-order valence-corrected chi connectivity index (χ4v) is 1.23. The minimum atomic E-state index is -0.173. The summed E-state index contributed by atoms with van der Waals surface area (Å²) in [5.41, 5.74) is 0.959. The molecular weight excluding hydrogens is 180 g/mol. The fourth-order valence-electron chi connectivity index (χ4n) is 1.23. The smallest absolute Gasteiger partial charge is 0.307 e. The maximum Gasteiger partial charge on any atom is 0.307 e. The van der Waals surface area contributed by atoms with Gasteiger partial charge in [-0.05, 0) is 26.8 Å². The molecular formula is C10H16N2O2. The molecule has 0 amide bonds. The summed E-state index contributed by atoms with van der Waals surface area (Å²) in [6, 6.07) is 1.98. The summed E-state index contributed by atoms with van der Waals surface area (Å²) < 4.78 is 6.64. The Morgan fingerprint density at radius 2 is 2.43 bits per heavy atom. The molecule has 4 nitrogen and oxygen atoms in total. The van der Waals surface area contributed by atoms with E-state index in [1.807, 2.05) is 26.1 Å². The molecule has 0 aliphatic carbocycles. The zero-order chi connectivity index (χ0) is 10.6. The van der Waals surface area contributed by atoms with E-state index in [0.29, 0.717) is 13.0 Å². The van der Waals surface area contributed by atoms with Gasteiger partial charge in [-0.15, -0.1) is 0 Å². The highest BCUT2D eigenvalue weighted by Crippen LogP contribution is 2.10. The number of ether oxygens (including phenoxy) is 1. The van der Waals surface area contributed by atoms with E-state index in [9.17, 15) is 4.79 Å². The van der Waals surface area contributed by atoms with E-state index in [0.717, 1.165) is 5.69 Å². The minimum absolute atomic E-state index is 0.0581. The molecule has 78 valence electrons. The van der Waals surface area contributed by atoms with Gasteiger partial charge in [0.1, 0.15) is 0 Å². The third-order valence-corrected chi connectivity index (χ3v) is 1.96. The van der Waals surface area contributed by atoms with E-state index < -0.39 is 0 Å². The monoisotopic (exact) mass is 196 g/mol. The van der Waals surface area contributed by atoms with Crippen LogP contribution in [0.5, 0.6) is 0 Å². The molecule has 0 aromatic carbocycles. The van der Waals surface area contributed by atoms with Crippen molar-refractivity contribution >= 4 is 5.97 Å². The van der Waals surface area contributed by atoms with E-state index in [1.54, 1.807) is 11.6 Å². The Labute approximate surface area is 83.9 Å². The van der Waals surface area contributed by atoms with Gasteiger partial charge >= 0.3 is 5.97 Å². The van der Waals surface area contributed by atoms with Crippen molar-refractivity contribution in [2.24, 2.45) is 0 Å². The van der Waals surface area contributed by atoms with E-state index in [1.165, 1.54) is 0 Å². The Hall–Kier alpha value is -1.32. The van der Waals surface area contributed by atoms with Gasteiger partial charge in [-0.1, -0.05) is 0 Å². The highest BCUT2D eigenvalue weighted by atomic mass is 16.5. The number of carbonyl (C=O) groups excluding carboxylic acids is 1. The first-order chi connectivity index (χ1) is 6.63. The summed E-state index contributed by atoms with van der Waals surface area (Å²) in [5.74, 6) is -0.173. The van der Waals surface area contributed by atoms with Crippen molar-refractivity contribution in [1.29, 1.82) is 0 Å². The number of carbonyl (C=O) groups is 1. The van der Waals surface area contributed by atoms with Crippen LogP contribution in [0.1, 0.15) is 32.0 Å². The highest BCUT2D eigenvalue weighted by molar-refractivity contribution is 5.69. The van der Waals surface area contributed by atoms with Gasteiger partial charge in [0, 0.05) is 6.20 Å². The van der Waals surface area contributed by atoms with Crippen molar-refractivity contribution in [2.75, 3.05) is 6.61 Å². The molecule has 0 bridgehead atoms. The second-order valence-electron chi connectivity index (χ2n) is 3.30. The van der Waals surface area contributed by atoms with E-state index in [-0.39, 0.29) is 12.0 Å². The second kappa shape index (κ2) is 4.79. The van der Waals surface area contributed by atoms with Crippen LogP contribution in [-0.4, -0.2) is 22.4 Å². The van der Waals surface area contributed by atoms with Crippen LogP contribution in [0.15, 0.2) is 12.3 Å². The summed E-state index contributed by atoms with van der Waals surface area (Å²) in [4.78, 5) is 11.2. The number of nitrogens with zero attached hydrogens (tertiary/aromatic N) is 2.